The molecule has 0 aliphatic heterocycles. The van der Waals surface area contributed by atoms with Crippen molar-refractivity contribution in [1.82, 2.24) is 9.59 Å². The minimum atomic E-state index is -1.04. The molecule has 0 bridgehead atoms. The zero-order valence-corrected chi connectivity index (χ0v) is 9.25. The molecule has 17 heavy (non-hydrogen) atoms. The van der Waals surface area contributed by atoms with Crippen LogP contribution in [-0.2, 0) is 0 Å². The smallest absolute Gasteiger partial charge is 0.186 e. The first kappa shape index (κ1) is 11.5. The number of carbonyl (C=O) groups excluding carboxylic acids is 1. The van der Waals surface area contributed by atoms with Gasteiger partial charge in [0.1, 0.15) is 0 Å². The van der Waals surface area contributed by atoms with Gasteiger partial charge in [0, 0.05) is 10.9 Å². The fourth-order valence-electron chi connectivity index (χ4n) is 1.15. The molecule has 0 unspecified atom stereocenters. The summed E-state index contributed by atoms with van der Waals surface area (Å²) >= 11 is 1.16. The molecule has 0 saturated heterocycles. The Morgan fingerprint density at radius 3 is 2.76 bits per heavy atom. The zero-order valence-electron chi connectivity index (χ0n) is 8.43. The van der Waals surface area contributed by atoms with Crippen molar-refractivity contribution in [2.24, 2.45) is 0 Å². The summed E-state index contributed by atoms with van der Waals surface area (Å²) in [6.07, 6.45) is 2.70. The fourth-order valence-corrected chi connectivity index (χ4v) is 1.57. The molecule has 3 nitrogen and oxygen atoms in total. The van der Waals surface area contributed by atoms with Gasteiger partial charge in [0.15, 0.2) is 17.4 Å². The largest absolute Gasteiger partial charge is 0.289 e. The number of hydrogen-bond acceptors (Lipinski definition) is 4. The molecular weight excluding hydrogens is 246 g/mol. The van der Waals surface area contributed by atoms with Crippen molar-refractivity contribution < 1.29 is 13.6 Å². The Hall–Kier alpha value is -1.95. The van der Waals surface area contributed by atoms with Crippen LogP contribution in [-0.4, -0.2) is 15.4 Å². The second-order valence-corrected chi connectivity index (χ2v) is 3.77. The molecule has 0 spiro atoms. The van der Waals surface area contributed by atoms with Crippen molar-refractivity contribution in [2.75, 3.05) is 0 Å². The standard InChI is InChI=1S/C11H6F2N2OS/c12-9-3-1-7(5-10(9)13)11(16)4-2-8-6-17-15-14-8/h1-6H/b4-2+. The van der Waals surface area contributed by atoms with E-state index < -0.39 is 17.4 Å². The van der Waals surface area contributed by atoms with Crippen molar-refractivity contribution in [3.8, 4) is 0 Å². The molecule has 2 aromatic rings. The Bertz CT molecular complexity index is 567. The minimum absolute atomic E-state index is 0.0864. The highest BCUT2D eigenvalue weighted by Gasteiger charge is 2.07. The van der Waals surface area contributed by atoms with Gasteiger partial charge in [-0.05, 0) is 41.9 Å². The van der Waals surface area contributed by atoms with Crippen molar-refractivity contribution >= 4 is 23.4 Å². The number of carbonyl (C=O) groups is 1. The summed E-state index contributed by atoms with van der Waals surface area (Å²) in [6, 6.07) is 3.01. The monoisotopic (exact) mass is 252 g/mol. The number of hydrogen-bond donors (Lipinski definition) is 0. The summed E-state index contributed by atoms with van der Waals surface area (Å²) in [6.45, 7) is 0. The van der Waals surface area contributed by atoms with E-state index in [-0.39, 0.29) is 5.56 Å². The Morgan fingerprint density at radius 1 is 1.29 bits per heavy atom. The van der Waals surface area contributed by atoms with Crippen LogP contribution in [0.5, 0.6) is 0 Å². The van der Waals surface area contributed by atoms with Crippen LogP contribution < -0.4 is 0 Å². The summed E-state index contributed by atoms with van der Waals surface area (Å²) < 4.78 is 29.1. The maximum atomic E-state index is 12.9. The van der Waals surface area contributed by atoms with Gasteiger partial charge in [0.25, 0.3) is 0 Å². The second-order valence-electron chi connectivity index (χ2n) is 3.16. The van der Waals surface area contributed by atoms with E-state index in [1.807, 2.05) is 0 Å². The van der Waals surface area contributed by atoms with E-state index in [4.69, 9.17) is 0 Å². The molecule has 2 rings (SSSR count). The molecule has 0 amide bonds. The lowest BCUT2D eigenvalue weighted by molar-refractivity contribution is 0.104. The Kier molecular flexibility index (Phi) is 3.34. The summed E-state index contributed by atoms with van der Waals surface area (Å²) in [7, 11) is 0. The van der Waals surface area contributed by atoms with Crippen LogP contribution in [0.4, 0.5) is 8.78 Å². The molecule has 0 atom stereocenters. The number of allylic oxidation sites excluding steroid dienone is 1. The summed E-state index contributed by atoms with van der Waals surface area (Å²) in [4.78, 5) is 11.6. The molecule has 0 radical (unpaired) electrons. The molecule has 1 heterocycles. The Labute approximate surface area is 99.6 Å². The normalized spacial score (nSPS) is 10.9. The van der Waals surface area contributed by atoms with Gasteiger partial charge in [-0.3, -0.25) is 4.79 Å². The highest BCUT2D eigenvalue weighted by atomic mass is 32.1. The zero-order chi connectivity index (χ0) is 12.3. The Morgan fingerprint density at radius 2 is 2.12 bits per heavy atom. The van der Waals surface area contributed by atoms with Crippen LogP contribution in [0.25, 0.3) is 6.08 Å². The molecule has 0 saturated carbocycles. The second kappa shape index (κ2) is 4.92. The van der Waals surface area contributed by atoms with E-state index in [9.17, 15) is 13.6 Å². The van der Waals surface area contributed by atoms with Crippen LogP contribution in [0.15, 0.2) is 29.7 Å². The van der Waals surface area contributed by atoms with Crippen molar-refractivity contribution in [1.29, 1.82) is 0 Å². The van der Waals surface area contributed by atoms with E-state index in [1.54, 1.807) is 5.38 Å². The van der Waals surface area contributed by atoms with Crippen molar-refractivity contribution in [3.63, 3.8) is 0 Å². The summed E-state index contributed by atoms with van der Waals surface area (Å²) in [5.74, 6) is -2.44. The maximum absolute atomic E-state index is 12.9. The summed E-state index contributed by atoms with van der Waals surface area (Å²) in [5, 5.41) is 5.37. The number of aromatic nitrogens is 2. The predicted molar refractivity (Wildman–Crippen MR) is 59.6 cm³/mol. The molecule has 0 N–H and O–H groups in total. The van der Waals surface area contributed by atoms with Gasteiger partial charge in [-0.1, -0.05) is 4.49 Å². The van der Waals surface area contributed by atoms with Gasteiger partial charge >= 0.3 is 0 Å². The van der Waals surface area contributed by atoms with Gasteiger partial charge < -0.3 is 0 Å². The first-order valence-electron chi connectivity index (χ1n) is 4.61. The third-order valence-electron chi connectivity index (χ3n) is 1.99. The average Bonchev–Trinajstić information content (AvgIpc) is 2.82. The minimum Gasteiger partial charge on any atom is -0.289 e. The van der Waals surface area contributed by atoms with Gasteiger partial charge in [-0.15, -0.1) is 5.10 Å². The van der Waals surface area contributed by atoms with Gasteiger partial charge in [-0.2, -0.15) is 0 Å². The van der Waals surface area contributed by atoms with E-state index in [0.717, 1.165) is 23.7 Å². The lowest BCUT2D eigenvalue weighted by Gasteiger charge is -1.96. The molecule has 1 aromatic carbocycles. The van der Waals surface area contributed by atoms with Crippen LogP contribution in [0, 0.1) is 11.6 Å². The summed E-state index contributed by atoms with van der Waals surface area (Å²) in [5.41, 5.74) is 0.634. The number of nitrogens with zero attached hydrogens (tertiary/aromatic N) is 2. The van der Waals surface area contributed by atoms with Crippen LogP contribution in [0.2, 0.25) is 0 Å². The highest BCUT2D eigenvalue weighted by molar-refractivity contribution is 7.03. The lowest BCUT2D eigenvalue weighted by Crippen LogP contribution is -1.96. The topological polar surface area (TPSA) is 42.9 Å². The van der Waals surface area contributed by atoms with E-state index in [2.05, 4.69) is 9.59 Å². The van der Waals surface area contributed by atoms with Crippen LogP contribution >= 0.6 is 11.5 Å². The van der Waals surface area contributed by atoms with Crippen LogP contribution in [0.3, 0.4) is 0 Å². The average molecular weight is 252 g/mol. The third kappa shape index (κ3) is 2.79. The molecule has 0 aliphatic carbocycles. The molecule has 1 aromatic heterocycles. The molecule has 0 fully saturated rings. The van der Waals surface area contributed by atoms with Crippen molar-refractivity contribution in [3.05, 3.63) is 52.5 Å². The fraction of sp³-hybridized carbons (Fsp3) is 0. The number of benzene rings is 1. The van der Waals surface area contributed by atoms with Gasteiger partial charge in [-0.25, -0.2) is 8.78 Å². The highest BCUT2D eigenvalue weighted by Crippen LogP contribution is 2.10. The SMILES string of the molecule is O=C(/C=C/c1csnn1)c1ccc(F)c(F)c1. The van der Waals surface area contributed by atoms with E-state index >= 15 is 0 Å². The number of rotatable bonds is 3. The third-order valence-corrected chi connectivity index (χ3v) is 2.51. The molecular formula is C11H6F2N2OS. The molecule has 86 valence electrons. The number of halogens is 2. The molecule has 6 heteroatoms. The van der Waals surface area contributed by atoms with Gasteiger partial charge in [0.05, 0.1) is 5.69 Å². The number of ketones is 1. The first-order chi connectivity index (χ1) is 8.16. The molecule has 0 aliphatic rings. The van der Waals surface area contributed by atoms with Gasteiger partial charge in [0.2, 0.25) is 0 Å². The Balaban J connectivity index is 2.17. The first-order valence-corrected chi connectivity index (χ1v) is 5.45. The maximum Gasteiger partial charge on any atom is 0.186 e. The van der Waals surface area contributed by atoms with E-state index in [0.29, 0.717) is 5.69 Å². The van der Waals surface area contributed by atoms with E-state index in [1.165, 1.54) is 18.2 Å². The van der Waals surface area contributed by atoms with Crippen molar-refractivity contribution in [2.45, 2.75) is 0 Å². The lowest BCUT2D eigenvalue weighted by atomic mass is 10.1. The predicted octanol–water partition coefficient (Wildman–Crippen LogP) is 2.71. The van der Waals surface area contributed by atoms with Crippen LogP contribution in [0.1, 0.15) is 16.1 Å². The quantitative estimate of drug-likeness (QED) is 0.623.